The molecule has 0 aliphatic heterocycles. The average Bonchev–Trinajstić information content (AvgIpc) is 2.25. The van der Waals surface area contributed by atoms with Crippen molar-refractivity contribution in [1.82, 2.24) is 0 Å². The largest absolute Gasteiger partial charge is 0.511 e. The van der Waals surface area contributed by atoms with Crippen LogP contribution in [-0.4, -0.2) is 25.0 Å². The average molecular weight is 232 g/mol. The molecule has 0 amide bonds. The molecule has 0 heterocycles. The fraction of sp³-hybridized carbons (Fsp3) is 0.818. The molecule has 5 heteroatoms. The molecule has 0 aliphatic carbocycles. The van der Waals surface area contributed by atoms with Crippen molar-refractivity contribution in [3.8, 4) is 0 Å². The van der Waals surface area contributed by atoms with Gasteiger partial charge in [-0.05, 0) is 12.8 Å². The smallest absolute Gasteiger partial charge is 0.431 e. The third-order valence-electron chi connectivity index (χ3n) is 2.02. The molecule has 0 rings (SSSR count). The molecule has 0 saturated carbocycles. The zero-order valence-corrected chi connectivity index (χ0v) is 10.3. The van der Waals surface area contributed by atoms with Crippen molar-refractivity contribution in [1.29, 1.82) is 0 Å². The van der Waals surface area contributed by atoms with E-state index >= 15 is 0 Å². The van der Waals surface area contributed by atoms with E-state index in [2.05, 4.69) is 9.47 Å². The van der Waals surface area contributed by atoms with E-state index in [1.807, 2.05) is 13.8 Å². The van der Waals surface area contributed by atoms with Crippen LogP contribution in [0.15, 0.2) is 0 Å². The molecule has 0 aromatic rings. The van der Waals surface area contributed by atoms with E-state index in [0.717, 1.165) is 12.8 Å². The van der Waals surface area contributed by atoms with Crippen LogP contribution >= 0.6 is 0 Å². The van der Waals surface area contributed by atoms with Gasteiger partial charge in [0.1, 0.15) is 6.10 Å². The van der Waals surface area contributed by atoms with E-state index in [0.29, 0.717) is 0 Å². The number of carbonyl (C=O) groups is 2. The van der Waals surface area contributed by atoms with Crippen molar-refractivity contribution >= 4 is 12.1 Å². The van der Waals surface area contributed by atoms with Crippen molar-refractivity contribution in [3.63, 3.8) is 0 Å². The topological polar surface area (TPSA) is 61.8 Å². The standard InChI is InChI=1S/C11H20O5/c1-5-9(6-2)16-11(13)15-7-14-10(12)8(3)4/h8-9H,5-7H2,1-4H3. The van der Waals surface area contributed by atoms with Gasteiger partial charge in [0.2, 0.25) is 6.79 Å². The summed E-state index contributed by atoms with van der Waals surface area (Å²) in [5, 5.41) is 0. The molecule has 0 fully saturated rings. The molecule has 0 aromatic heterocycles. The second-order valence-electron chi connectivity index (χ2n) is 3.69. The summed E-state index contributed by atoms with van der Waals surface area (Å²) in [5.41, 5.74) is 0. The Hall–Kier alpha value is -1.26. The van der Waals surface area contributed by atoms with Crippen LogP contribution in [0.1, 0.15) is 40.5 Å². The summed E-state index contributed by atoms with van der Waals surface area (Å²) in [6, 6.07) is 0. The Morgan fingerprint density at radius 2 is 1.62 bits per heavy atom. The summed E-state index contributed by atoms with van der Waals surface area (Å²) in [7, 11) is 0. The first-order valence-electron chi connectivity index (χ1n) is 5.51. The van der Waals surface area contributed by atoms with Gasteiger partial charge in [-0.15, -0.1) is 0 Å². The summed E-state index contributed by atoms with van der Waals surface area (Å²) in [6.07, 6.45) is 0.521. The van der Waals surface area contributed by atoms with Crippen LogP contribution < -0.4 is 0 Å². The van der Waals surface area contributed by atoms with Crippen molar-refractivity contribution in [3.05, 3.63) is 0 Å². The quantitative estimate of drug-likeness (QED) is 0.520. The summed E-state index contributed by atoms with van der Waals surface area (Å²) < 4.78 is 14.2. The highest BCUT2D eigenvalue weighted by atomic mass is 16.8. The zero-order valence-electron chi connectivity index (χ0n) is 10.3. The van der Waals surface area contributed by atoms with Crippen LogP contribution in [0.3, 0.4) is 0 Å². The van der Waals surface area contributed by atoms with Crippen LogP contribution in [0.25, 0.3) is 0 Å². The van der Waals surface area contributed by atoms with Crippen LogP contribution in [0.4, 0.5) is 4.79 Å². The van der Waals surface area contributed by atoms with E-state index in [-0.39, 0.29) is 12.0 Å². The number of ether oxygens (including phenoxy) is 3. The lowest BCUT2D eigenvalue weighted by atomic mass is 10.2. The van der Waals surface area contributed by atoms with Gasteiger partial charge in [0.15, 0.2) is 0 Å². The summed E-state index contributed by atoms with van der Waals surface area (Å²) in [5.74, 6) is -0.644. The maximum atomic E-state index is 11.1. The minimum Gasteiger partial charge on any atom is -0.431 e. The Bertz CT molecular complexity index is 220. The van der Waals surface area contributed by atoms with Gasteiger partial charge in [0.25, 0.3) is 0 Å². The zero-order chi connectivity index (χ0) is 12.6. The fourth-order valence-corrected chi connectivity index (χ4v) is 0.928. The first kappa shape index (κ1) is 14.7. The van der Waals surface area contributed by atoms with Crippen molar-refractivity contribution in [2.24, 2.45) is 5.92 Å². The number of hydrogen-bond acceptors (Lipinski definition) is 5. The lowest BCUT2D eigenvalue weighted by molar-refractivity contribution is -0.157. The molecular weight excluding hydrogens is 212 g/mol. The second kappa shape index (κ2) is 7.96. The molecule has 0 spiro atoms. The lowest BCUT2D eigenvalue weighted by Crippen LogP contribution is -2.20. The molecule has 0 aromatic carbocycles. The predicted octanol–water partition coefficient (Wildman–Crippen LogP) is 2.48. The molecule has 0 unspecified atom stereocenters. The second-order valence-corrected chi connectivity index (χ2v) is 3.69. The number of hydrogen-bond donors (Lipinski definition) is 0. The van der Waals surface area contributed by atoms with E-state index in [1.165, 1.54) is 0 Å². The van der Waals surface area contributed by atoms with Crippen LogP contribution in [0.2, 0.25) is 0 Å². The minimum absolute atomic E-state index is 0.145. The molecule has 16 heavy (non-hydrogen) atoms. The van der Waals surface area contributed by atoms with Gasteiger partial charge in [0, 0.05) is 0 Å². The molecule has 0 atom stereocenters. The van der Waals surface area contributed by atoms with Crippen molar-refractivity contribution in [2.45, 2.75) is 46.6 Å². The molecule has 0 saturated heterocycles. The normalized spacial score (nSPS) is 10.4. The van der Waals surface area contributed by atoms with E-state index in [9.17, 15) is 9.59 Å². The number of esters is 1. The maximum absolute atomic E-state index is 11.1. The highest BCUT2D eigenvalue weighted by Gasteiger charge is 2.13. The maximum Gasteiger partial charge on any atom is 0.511 e. The van der Waals surface area contributed by atoms with Crippen molar-refractivity contribution < 1.29 is 23.8 Å². The molecule has 0 radical (unpaired) electrons. The van der Waals surface area contributed by atoms with Gasteiger partial charge in [-0.2, -0.15) is 0 Å². The van der Waals surface area contributed by atoms with Crippen molar-refractivity contribution in [2.75, 3.05) is 6.79 Å². The summed E-state index contributed by atoms with van der Waals surface area (Å²) in [6.45, 7) is 6.84. The van der Waals surface area contributed by atoms with Gasteiger partial charge in [-0.25, -0.2) is 4.79 Å². The minimum atomic E-state index is -0.801. The highest BCUT2D eigenvalue weighted by molar-refractivity contribution is 5.71. The molecular formula is C11H20O5. The number of carbonyl (C=O) groups excluding carboxylic acids is 2. The SMILES string of the molecule is CCC(CC)OC(=O)OCOC(=O)C(C)C. The third-order valence-corrected chi connectivity index (χ3v) is 2.02. The number of rotatable bonds is 6. The van der Waals surface area contributed by atoms with E-state index in [4.69, 9.17) is 4.74 Å². The predicted molar refractivity (Wildman–Crippen MR) is 57.7 cm³/mol. The Labute approximate surface area is 96.1 Å². The van der Waals surface area contributed by atoms with Gasteiger partial charge in [-0.1, -0.05) is 27.7 Å². The Morgan fingerprint density at radius 3 is 2.06 bits per heavy atom. The lowest BCUT2D eigenvalue weighted by Gasteiger charge is -2.13. The van der Waals surface area contributed by atoms with E-state index in [1.54, 1.807) is 13.8 Å². The summed E-state index contributed by atoms with van der Waals surface area (Å²) in [4.78, 5) is 22.1. The molecule has 5 nitrogen and oxygen atoms in total. The Kier molecular flexibility index (Phi) is 7.33. The van der Waals surface area contributed by atoms with Crippen LogP contribution in [-0.2, 0) is 19.0 Å². The Balaban J connectivity index is 3.69. The van der Waals surface area contributed by atoms with Crippen LogP contribution in [0, 0.1) is 5.92 Å². The van der Waals surface area contributed by atoms with Gasteiger partial charge < -0.3 is 14.2 Å². The highest BCUT2D eigenvalue weighted by Crippen LogP contribution is 2.04. The third kappa shape index (κ3) is 6.27. The monoisotopic (exact) mass is 232 g/mol. The Morgan fingerprint density at radius 1 is 1.06 bits per heavy atom. The molecule has 0 N–H and O–H groups in total. The van der Waals surface area contributed by atoms with Gasteiger partial charge in [0.05, 0.1) is 5.92 Å². The van der Waals surface area contributed by atoms with Crippen LogP contribution in [0.5, 0.6) is 0 Å². The first-order chi connectivity index (χ1) is 7.51. The summed E-state index contributed by atoms with van der Waals surface area (Å²) >= 11 is 0. The molecule has 0 bridgehead atoms. The molecule has 94 valence electrons. The van der Waals surface area contributed by atoms with Gasteiger partial charge >= 0.3 is 12.1 Å². The first-order valence-corrected chi connectivity index (χ1v) is 5.51. The molecule has 0 aliphatic rings. The fourth-order valence-electron chi connectivity index (χ4n) is 0.928. The van der Waals surface area contributed by atoms with Gasteiger partial charge in [-0.3, -0.25) is 4.79 Å². The van der Waals surface area contributed by atoms with E-state index < -0.39 is 18.9 Å².